The van der Waals surface area contributed by atoms with E-state index in [-0.39, 0.29) is 19.4 Å². The number of carbonyl (C=O) groups is 1. The van der Waals surface area contributed by atoms with Crippen molar-refractivity contribution in [2.24, 2.45) is 0 Å². The smallest absolute Gasteiger partial charge is 0.340 e. The molecule has 0 aliphatic heterocycles. The quantitative estimate of drug-likeness (QED) is 0.402. The molecule has 0 N–H and O–H groups in total. The van der Waals surface area contributed by atoms with Gasteiger partial charge in [0.05, 0.1) is 6.61 Å². The Labute approximate surface area is 130 Å². The van der Waals surface area contributed by atoms with E-state index in [1.807, 2.05) is 0 Å². The molecule has 0 saturated carbocycles. The highest BCUT2D eigenvalue weighted by atomic mass is 35.5. The molecule has 0 fully saturated rings. The molecule has 0 bridgehead atoms. The molecule has 1 aromatic carbocycles. The Morgan fingerprint density at radius 1 is 1.36 bits per heavy atom. The van der Waals surface area contributed by atoms with Gasteiger partial charge in [-0.25, -0.2) is 8.78 Å². The van der Waals surface area contributed by atoms with E-state index >= 15 is 0 Å². The number of halogens is 5. The van der Waals surface area contributed by atoms with Crippen LogP contribution in [0.3, 0.4) is 0 Å². The number of ether oxygens (including phenoxy) is 2. The van der Waals surface area contributed by atoms with Crippen molar-refractivity contribution in [1.82, 2.24) is 0 Å². The van der Waals surface area contributed by atoms with E-state index in [9.17, 15) is 22.4 Å². The first-order valence-electron chi connectivity index (χ1n) is 6.43. The maximum atomic E-state index is 12.5. The van der Waals surface area contributed by atoms with Crippen LogP contribution < -0.4 is 4.74 Å². The van der Waals surface area contributed by atoms with Gasteiger partial charge in [-0.05, 0) is 37.1 Å². The molecule has 8 heteroatoms. The van der Waals surface area contributed by atoms with Crippen LogP contribution in [0.15, 0.2) is 18.2 Å². The van der Waals surface area contributed by atoms with Crippen LogP contribution in [0, 0.1) is 6.92 Å². The van der Waals surface area contributed by atoms with Crippen LogP contribution in [0.5, 0.6) is 5.75 Å². The minimum atomic E-state index is -4.33. The summed E-state index contributed by atoms with van der Waals surface area (Å²) in [5, 5.41) is 0.563. The van der Waals surface area contributed by atoms with E-state index in [1.165, 1.54) is 0 Å². The number of hydrogen-bond donors (Lipinski definition) is 0. The van der Waals surface area contributed by atoms with E-state index in [1.54, 1.807) is 25.1 Å². The zero-order valence-electron chi connectivity index (χ0n) is 11.8. The molecule has 3 nitrogen and oxygen atoms in total. The fourth-order valence-electron chi connectivity index (χ4n) is 1.49. The van der Waals surface area contributed by atoms with E-state index in [0.29, 0.717) is 10.8 Å². The number of benzene rings is 1. The molecule has 0 aliphatic rings. The molecule has 124 valence electrons. The molecule has 1 aromatic rings. The molecule has 0 aromatic heterocycles. The van der Waals surface area contributed by atoms with Gasteiger partial charge in [-0.15, -0.1) is 0 Å². The lowest BCUT2D eigenvalue weighted by Crippen LogP contribution is -2.33. The molecule has 0 aliphatic carbocycles. The molecule has 0 atom stereocenters. The predicted molar refractivity (Wildman–Crippen MR) is 72.8 cm³/mol. The Morgan fingerprint density at radius 3 is 2.64 bits per heavy atom. The Morgan fingerprint density at radius 2 is 2.05 bits per heavy atom. The zero-order chi connectivity index (χ0) is 16.8. The summed E-state index contributed by atoms with van der Waals surface area (Å²) < 4.78 is 58.3. The molecule has 22 heavy (non-hydrogen) atoms. The average molecular weight is 343 g/mol. The third-order valence-corrected chi connectivity index (χ3v) is 2.90. The van der Waals surface area contributed by atoms with Crippen molar-refractivity contribution >= 4 is 17.6 Å². The molecule has 0 heterocycles. The van der Waals surface area contributed by atoms with Crippen molar-refractivity contribution in [3.63, 3.8) is 0 Å². The minimum Gasteiger partial charge on any atom is -0.493 e. The molecule has 0 radical (unpaired) electrons. The molecular weight excluding hydrogens is 328 g/mol. The lowest BCUT2D eigenvalue weighted by atomic mass is 10.2. The summed E-state index contributed by atoms with van der Waals surface area (Å²) in [6, 6.07) is 5.02. The number of carbonyl (C=O) groups excluding carboxylic acids is 1. The second-order valence-electron chi connectivity index (χ2n) is 4.58. The van der Waals surface area contributed by atoms with Crippen molar-refractivity contribution < 1.29 is 31.8 Å². The van der Waals surface area contributed by atoms with Gasteiger partial charge in [-0.2, -0.15) is 8.78 Å². The van der Waals surface area contributed by atoms with Gasteiger partial charge in [0.25, 0.3) is 0 Å². The van der Waals surface area contributed by atoms with Crippen LogP contribution in [0.25, 0.3) is 0 Å². The summed E-state index contributed by atoms with van der Waals surface area (Å²) in [5.74, 6) is -4.72. The SMILES string of the molecule is Cc1cc(Cl)ccc1OCCCC(=O)OCC(F)(F)C(F)F. The van der Waals surface area contributed by atoms with Gasteiger partial charge in [0.2, 0.25) is 0 Å². The normalized spacial score (nSPS) is 11.6. The summed E-state index contributed by atoms with van der Waals surface area (Å²) in [4.78, 5) is 11.2. The fraction of sp³-hybridized carbons (Fsp3) is 0.500. The minimum absolute atomic E-state index is 0.156. The first-order valence-corrected chi connectivity index (χ1v) is 6.80. The zero-order valence-corrected chi connectivity index (χ0v) is 12.5. The van der Waals surface area contributed by atoms with Gasteiger partial charge in [0, 0.05) is 11.4 Å². The Bertz CT molecular complexity index is 509. The predicted octanol–water partition coefficient (Wildman–Crippen LogP) is 4.25. The van der Waals surface area contributed by atoms with E-state index in [0.717, 1.165) is 5.56 Å². The summed E-state index contributed by atoms with van der Waals surface area (Å²) in [6.45, 7) is 0.325. The van der Waals surface area contributed by atoms with Gasteiger partial charge >= 0.3 is 18.3 Å². The summed E-state index contributed by atoms with van der Waals surface area (Å²) in [7, 11) is 0. The summed E-state index contributed by atoms with van der Waals surface area (Å²) in [6.07, 6.45) is -3.86. The number of alkyl halides is 4. The van der Waals surface area contributed by atoms with Gasteiger partial charge in [-0.3, -0.25) is 4.79 Å². The number of hydrogen-bond acceptors (Lipinski definition) is 3. The fourth-order valence-corrected chi connectivity index (χ4v) is 1.71. The lowest BCUT2D eigenvalue weighted by Gasteiger charge is -2.15. The molecular formula is C14H15ClF4O3. The molecule has 1 rings (SSSR count). The second-order valence-corrected chi connectivity index (χ2v) is 5.02. The van der Waals surface area contributed by atoms with Crippen LogP contribution >= 0.6 is 11.6 Å². The number of esters is 1. The van der Waals surface area contributed by atoms with Crippen molar-refractivity contribution in [2.75, 3.05) is 13.2 Å². The topological polar surface area (TPSA) is 35.5 Å². The van der Waals surface area contributed by atoms with Crippen LogP contribution in [0.4, 0.5) is 17.6 Å². The highest BCUT2D eigenvalue weighted by molar-refractivity contribution is 6.30. The Hall–Kier alpha value is -1.50. The Kier molecular flexibility index (Phi) is 6.93. The first-order chi connectivity index (χ1) is 10.2. The number of rotatable bonds is 8. The third kappa shape index (κ3) is 6.09. The van der Waals surface area contributed by atoms with Gasteiger partial charge in [0.15, 0.2) is 6.61 Å². The van der Waals surface area contributed by atoms with Crippen LogP contribution in [-0.2, 0) is 9.53 Å². The van der Waals surface area contributed by atoms with Crippen molar-refractivity contribution in [2.45, 2.75) is 32.1 Å². The summed E-state index contributed by atoms with van der Waals surface area (Å²) in [5.41, 5.74) is 0.812. The van der Waals surface area contributed by atoms with E-state index in [2.05, 4.69) is 4.74 Å². The van der Waals surface area contributed by atoms with Crippen molar-refractivity contribution in [3.05, 3.63) is 28.8 Å². The molecule has 0 saturated heterocycles. The number of aryl methyl sites for hydroxylation is 1. The van der Waals surface area contributed by atoms with Crippen LogP contribution in [-0.4, -0.2) is 31.5 Å². The highest BCUT2D eigenvalue weighted by Gasteiger charge is 2.42. The maximum absolute atomic E-state index is 12.5. The second kappa shape index (κ2) is 8.22. The van der Waals surface area contributed by atoms with Crippen molar-refractivity contribution in [1.29, 1.82) is 0 Å². The molecule has 0 spiro atoms. The third-order valence-electron chi connectivity index (χ3n) is 2.66. The van der Waals surface area contributed by atoms with Gasteiger partial charge < -0.3 is 9.47 Å². The molecule has 0 amide bonds. The lowest BCUT2D eigenvalue weighted by molar-refractivity contribution is -0.179. The van der Waals surface area contributed by atoms with Gasteiger partial charge in [0.1, 0.15) is 5.75 Å². The van der Waals surface area contributed by atoms with E-state index in [4.69, 9.17) is 16.3 Å². The Balaban J connectivity index is 2.25. The van der Waals surface area contributed by atoms with Crippen LogP contribution in [0.2, 0.25) is 5.02 Å². The average Bonchev–Trinajstić information content (AvgIpc) is 2.43. The first kappa shape index (κ1) is 18.5. The van der Waals surface area contributed by atoms with E-state index < -0.39 is 24.9 Å². The summed E-state index contributed by atoms with van der Waals surface area (Å²) >= 11 is 5.78. The van der Waals surface area contributed by atoms with Crippen LogP contribution in [0.1, 0.15) is 18.4 Å². The highest BCUT2D eigenvalue weighted by Crippen LogP contribution is 2.23. The van der Waals surface area contributed by atoms with Gasteiger partial charge in [-0.1, -0.05) is 11.6 Å². The van der Waals surface area contributed by atoms with Crippen molar-refractivity contribution in [3.8, 4) is 5.75 Å². The monoisotopic (exact) mass is 342 g/mol. The largest absolute Gasteiger partial charge is 0.493 e. The maximum Gasteiger partial charge on any atom is 0.340 e. The standard InChI is InChI=1S/C14H15ClF4O3/c1-9-7-10(15)4-5-11(9)21-6-2-3-12(20)22-8-14(18,19)13(16)17/h4-5,7,13H,2-3,6,8H2,1H3. The molecule has 0 unspecified atom stereocenters.